The number of hydrogen-bond donors (Lipinski definition) is 1. The normalized spacial score (nSPS) is 22.3. The van der Waals surface area contributed by atoms with Gasteiger partial charge in [0.1, 0.15) is 17.4 Å². The van der Waals surface area contributed by atoms with Gasteiger partial charge < -0.3 is 14.8 Å². The molecule has 1 N–H and O–H groups in total. The average molecular weight is 251 g/mol. The van der Waals surface area contributed by atoms with Crippen molar-refractivity contribution in [3.63, 3.8) is 0 Å². The largest absolute Gasteiger partial charge is 0.496 e. The summed E-state index contributed by atoms with van der Waals surface area (Å²) in [5.74, 6) is 2.74. The van der Waals surface area contributed by atoms with Crippen molar-refractivity contribution < 1.29 is 9.47 Å². The van der Waals surface area contributed by atoms with Gasteiger partial charge in [-0.1, -0.05) is 11.8 Å². The van der Waals surface area contributed by atoms with Gasteiger partial charge in [0.2, 0.25) is 0 Å². The molecule has 92 valence electrons. The molecule has 0 bridgehead atoms. The Morgan fingerprint density at radius 1 is 1.53 bits per heavy atom. The van der Waals surface area contributed by atoms with E-state index in [1.807, 2.05) is 0 Å². The molecule has 17 heavy (non-hydrogen) atoms. The molecule has 4 heteroatoms. The molecule has 1 atom stereocenters. The fourth-order valence-corrected chi connectivity index (χ4v) is 3.27. The predicted molar refractivity (Wildman–Crippen MR) is 69.1 cm³/mol. The average Bonchev–Trinajstić information content (AvgIpc) is 2.98. The lowest BCUT2D eigenvalue weighted by atomic mass is 10.0. The van der Waals surface area contributed by atoms with E-state index in [-0.39, 0.29) is 0 Å². The molecule has 0 aromatic heterocycles. The van der Waals surface area contributed by atoms with E-state index in [1.54, 1.807) is 18.9 Å². The highest BCUT2D eigenvalue weighted by Crippen LogP contribution is 2.41. The van der Waals surface area contributed by atoms with Gasteiger partial charge in [-0.2, -0.15) is 0 Å². The predicted octanol–water partition coefficient (Wildman–Crippen LogP) is 2.43. The number of fused-ring (bicyclic) bond motifs is 1. The lowest BCUT2D eigenvalue weighted by Crippen LogP contribution is -2.23. The first-order chi connectivity index (χ1) is 8.36. The van der Waals surface area contributed by atoms with Gasteiger partial charge in [-0.3, -0.25) is 0 Å². The van der Waals surface area contributed by atoms with Gasteiger partial charge in [0.25, 0.3) is 0 Å². The van der Waals surface area contributed by atoms with Crippen LogP contribution in [0.25, 0.3) is 0 Å². The maximum absolute atomic E-state index is 5.59. The molecule has 3 nitrogen and oxygen atoms in total. The van der Waals surface area contributed by atoms with Gasteiger partial charge in [0.15, 0.2) is 0 Å². The smallest absolute Gasteiger partial charge is 0.138 e. The molecule has 1 aromatic rings. The third kappa shape index (κ3) is 2.24. The second-order valence-electron chi connectivity index (χ2n) is 4.51. The van der Waals surface area contributed by atoms with Gasteiger partial charge in [0, 0.05) is 6.04 Å². The quantitative estimate of drug-likeness (QED) is 0.894. The summed E-state index contributed by atoms with van der Waals surface area (Å²) < 4.78 is 11.1. The Morgan fingerprint density at radius 2 is 2.47 bits per heavy atom. The molecule has 0 saturated carbocycles. The van der Waals surface area contributed by atoms with Crippen molar-refractivity contribution in [2.75, 3.05) is 19.6 Å². The highest BCUT2D eigenvalue weighted by atomic mass is 32.2. The van der Waals surface area contributed by atoms with Crippen LogP contribution < -0.4 is 14.8 Å². The minimum Gasteiger partial charge on any atom is -0.496 e. The maximum atomic E-state index is 5.59. The van der Waals surface area contributed by atoms with E-state index in [9.17, 15) is 0 Å². The van der Waals surface area contributed by atoms with Gasteiger partial charge in [-0.15, -0.1) is 0 Å². The van der Waals surface area contributed by atoms with Gasteiger partial charge in [0.05, 0.1) is 12.0 Å². The van der Waals surface area contributed by atoms with Gasteiger partial charge >= 0.3 is 0 Å². The molecular weight excluding hydrogens is 234 g/mol. The zero-order valence-corrected chi connectivity index (χ0v) is 10.8. The highest BCUT2D eigenvalue weighted by molar-refractivity contribution is 7.99. The maximum Gasteiger partial charge on any atom is 0.138 e. The lowest BCUT2D eigenvalue weighted by molar-refractivity contribution is 0.386. The van der Waals surface area contributed by atoms with Crippen LogP contribution >= 0.6 is 11.8 Å². The van der Waals surface area contributed by atoms with E-state index in [0.717, 1.165) is 30.4 Å². The van der Waals surface area contributed by atoms with Crippen LogP contribution in [-0.4, -0.2) is 25.6 Å². The highest BCUT2D eigenvalue weighted by Gasteiger charge is 2.21. The summed E-state index contributed by atoms with van der Waals surface area (Å²) in [6.07, 6.45) is 3.57. The minimum absolute atomic E-state index is 0.594. The molecule has 1 fully saturated rings. The molecular formula is C13H17NO2S. The van der Waals surface area contributed by atoms with Crippen LogP contribution in [-0.2, 0) is 6.42 Å². The number of thioether (sulfide) groups is 1. The third-order valence-corrected chi connectivity index (χ3v) is 4.27. The summed E-state index contributed by atoms with van der Waals surface area (Å²) in [6.45, 7) is 1.14. The Labute approximate surface area is 106 Å². The molecule has 3 rings (SSSR count). The third-order valence-electron chi connectivity index (χ3n) is 3.40. The molecule has 1 aromatic carbocycles. The molecule has 0 radical (unpaired) electrons. The van der Waals surface area contributed by atoms with Crippen LogP contribution in [0.3, 0.4) is 0 Å². The summed E-state index contributed by atoms with van der Waals surface area (Å²) in [5, 5.41) is 3.52. The number of nitrogens with one attached hydrogen (secondary N) is 1. The Balaban J connectivity index is 1.86. The SMILES string of the molecule is COc1cc2c(cc1CC1CCCN1)OCS2. The molecule has 2 heterocycles. The van der Waals surface area contributed by atoms with Crippen LogP contribution in [0.1, 0.15) is 18.4 Å². The second-order valence-corrected chi connectivity index (χ2v) is 5.48. The fraction of sp³-hybridized carbons (Fsp3) is 0.538. The Bertz CT molecular complexity index is 416. The second kappa shape index (κ2) is 4.78. The van der Waals surface area contributed by atoms with E-state index >= 15 is 0 Å². The van der Waals surface area contributed by atoms with E-state index in [4.69, 9.17) is 9.47 Å². The van der Waals surface area contributed by atoms with Crippen molar-refractivity contribution in [3.8, 4) is 11.5 Å². The standard InChI is InChI=1S/C13H17NO2S/c1-15-11-7-13-12(16-8-17-13)6-9(11)5-10-3-2-4-14-10/h6-7,10,14H,2-5,8H2,1H3. The number of benzene rings is 1. The Kier molecular flexibility index (Phi) is 3.16. The number of methoxy groups -OCH3 is 1. The van der Waals surface area contributed by atoms with Gasteiger partial charge in [-0.25, -0.2) is 0 Å². The van der Waals surface area contributed by atoms with E-state index in [0.29, 0.717) is 6.04 Å². The van der Waals surface area contributed by atoms with E-state index in [1.165, 1.54) is 23.3 Å². The van der Waals surface area contributed by atoms with Crippen LogP contribution in [0.15, 0.2) is 17.0 Å². The Hall–Kier alpha value is -0.870. The molecule has 0 spiro atoms. The molecule has 2 aliphatic rings. The number of hydrogen-bond acceptors (Lipinski definition) is 4. The van der Waals surface area contributed by atoms with Crippen molar-refractivity contribution >= 4 is 11.8 Å². The molecule has 1 unspecified atom stereocenters. The first-order valence-electron chi connectivity index (χ1n) is 6.06. The topological polar surface area (TPSA) is 30.5 Å². The zero-order chi connectivity index (χ0) is 11.7. The molecule has 2 aliphatic heterocycles. The van der Waals surface area contributed by atoms with Crippen LogP contribution in [0.5, 0.6) is 11.5 Å². The number of ether oxygens (including phenoxy) is 2. The van der Waals surface area contributed by atoms with Crippen LogP contribution in [0, 0.1) is 0 Å². The van der Waals surface area contributed by atoms with Crippen molar-refractivity contribution in [1.29, 1.82) is 0 Å². The fourth-order valence-electron chi connectivity index (χ4n) is 2.51. The number of rotatable bonds is 3. The van der Waals surface area contributed by atoms with E-state index in [2.05, 4.69) is 17.4 Å². The lowest BCUT2D eigenvalue weighted by Gasteiger charge is -2.14. The molecule has 0 aliphatic carbocycles. The monoisotopic (exact) mass is 251 g/mol. The summed E-state index contributed by atoms with van der Waals surface area (Å²) in [7, 11) is 1.74. The minimum atomic E-state index is 0.594. The van der Waals surface area contributed by atoms with Gasteiger partial charge in [-0.05, 0) is 43.5 Å². The Morgan fingerprint density at radius 3 is 3.24 bits per heavy atom. The zero-order valence-electron chi connectivity index (χ0n) is 9.99. The van der Waals surface area contributed by atoms with E-state index < -0.39 is 0 Å². The van der Waals surface area contributed by atoms with Crippen molar-refractivity contribution in [2.24, 2.45) is 0 Å². The molecule has 1 saturated heterocycles. The van der Waals surface area contributed by atoms with Crippen molar-refractivity contribution in [2.45, 2.75) is 30.2 Å². The summed E-state index contributed by atoms with van der Waals surface area (Å²) >= 11 is 1.73. The first kappa shape index (κ1) is 11.2. The summed E-state index contributed by atoms with van der Waals surface area (Å²) in [6, 6.07) is 4.85. The summed E-state index contributed by atoms with van der Waals surface area (Å²) in [4.78, 5) is 1.20. The molecule has 0 amide bonds. The van der Waals surface area contributed by atoms with Crippen molar-refractivity contribution in [3.05, 3.63) is 17.7 Å². The van der Waals surface area contributed by atoms with Crippen LogP contribution in [0.2, 0.25) is 0 Å². The van der Waals surface area contributed by atoms with Crippen molar-refractivity contribution in [1.82, 2.24) is 5.32 Å². The first-order valence-corrected chi connectivity index (χ1v) is 7.05. The summed E-state index contributed by atoms with van der Waals surface area (Å²) in [5.41, 5.74) is 1.26. The van der Waals surface area contributed by atoms with Crippen LogP contribution in [0.4, 0.5) is 0 Å².